The van der Waals surface area contributed by atoms with E-state index in [9.17, 15) is 9.90 Å². The Morgan fingerprint density at radius 3 is 2.78 bits per heavy atom. The molecule has 1 fully saturated rings. The Balaban J connectivity index is 2.25. The molecule has 0 aromatic heterocycles. The molecule has 0 bridgehead atoms. The number of nitrogens with one attached hydrogen (secondary N) is 1. The van der Waals surface area contributed by atoms with Gasteiger partial charge in [-0.25, -0.2) is 0 Å². The molecule has 0 unspecified atom stereocenters. The predicted molar refractivity (Wildman–Crippen MR) is 68.0 cm³/mol. The minimum Gasteiger partial charge on any atom is -0.507 e. The molecular weight excluding hydrogens is 232 g/mol. The van der Waals surface area contributed by atoms with Gasteiger partial charge in [-0.1, -0.05) is 0 Å². The van der Waals surface area contributed by atoms with Gasteiger partial charge in [-0.05, 0) is 25.1 Å². The third-order valence-electron chi connectivity index (χ3n) is 3.24. The fourth-order valence-corrected chi connectivity index (χ4v) is 2.03. The first-order valence-corrected chi connectivity index (χ1v) is 6.06. The second kappa shape index (κ2) is 5.27. The summed E-state index contributed by atoms with van der Waals surface area (Å²) in [5.74, 6) is 0.408. The van der Waals surface area contributed by atoms with Gasteiger partial charge in [-0.2, -0.15) is 0 Å². The molecule has 0 radical (unpaired) electrons. The molecule has 5 heteroatoms. The fourth-order valence-electron chi connectivity index (χ4n) is 2.03. The van der Waals surface area contributed by atoms with Crippen LogP contribution in [0.15, 0.2) is 18.2 Å². The maximum Gasteiger partial charge on any atom is 0.258 e. The molecule has 0 atom stereocenters. The van der Waals surface area contributed by atoms with Gasteiger partial charge in [0.1, 0.15) is 11.5 Å². The lowest BCUT2D eigenvalue weighted by atomic mass is 10.1. The van der Waals surface area contributed by atoms with Crippen molar-refractivity contribution in [3.8, 4) is 11.5 Å². The third-order valence-corrected chi connectivity index (χ3v) is 3.24. The van der Waals surface area contributed by atoms with Crippen molar-refractivity contribution < 1.29 is 14.6 Å². The van der Waals surface area contributed by atoms with Gasteiger partial charge in [0, 0.05) is 19.6 Å². The number of phenolic OH excluding ortho intramolecular Hbond substituents is 1. The van der Waals surface area contributed by atoms with E-state index < -0.39 is 0 Å². The smallest absolute Gasteiger partial charge is 0.258 e. The highest BCUT2D eigenvalue weighted by atomic mass is 16.5. The molecule has 0 aliphatic carbocycles. The van der Waals surface area contributed by atoms with Crippen LogP contribution in [0.5, 0.6) is 11.5 Å². The van der Waals surface area contributed by atoms with Crippen molar-refractivity contribution in [1.29, 1.82) is 0 Å². The van der Waals surface area contributed by atoms with Crippen molar-refractivity contribution in [3.05, 3.63) is 23.8 Å². The molecule has 1 aromatic rings. The van der Waals surface area contributed by atoms with Crippen LogP contribution in [0.2, 0.25) is 0 Å². The molecule has 2 N–H and O–H groups in total. The van der Waals surface area contributed by atoms with Crippen LogP contribution < -0.4 is 10.1 Å². The molecule has 0 saturated carbocycles. The zero-order valence-corrected chi connectivity index (χ0v) is 10.6. The molecular formula is C13H18N2O3. The summed E-state index contributed by atoms with van der Waals surface area (Å²) in [6.45, 7) is 4.18. The van der Waals surface area contributed by atoms with E-state index in [0.29, 0.717) is 17.9 Å². The third kappa shape index (κ3) is 2.26. The lowest BCUT2D eigenvalue weighted by Gasteiger charge is -2.37. The van der Waals surface area contributed by atoms with E-state index in [1.54, 1.807) is 17.0 Å². The van der Waals surface area contributed by atoms with Crippen LogP contribution in [0.3, 0.4) is 0 Å². The standard InChI is InChI=1S/C13H18N2O3/c1-3-15(9-7-14-8-9)13(17)11-6-10(18-2)4-5-12(11)16/h4-6,9,14,16H,3,7-8H2,1-2H3. The number of likely N-dealkylation sites (N-methyl/N-ethyl adjacent to an activating group) is 1. The molecule has 1 aliphatic rings. The number of methoxy groups -OCH3 is 1. The molecule has 1 saturated heterocycles. The summed E-state index contributed by atoms with van der Waals surface area (Å²) < 4.78 is 5.08. The van der Waals surface area contributed by atoms with Gasteiger partial charge in [0.15, 0.2) is 0 Å². The zero-order valence-electron chi connectivity index (χ0n) is 10.6. The van der Waals surface area contributed by atoms with E-state index in [2.05, 4.69) is 5.32 Å². The topological polar surface area (TPSA) is 61.8 Å². The molecule has 98 valence electrons. The fraction of sp³-hybridized carbons (Fsp3) is 0.462. The van der Waals surface area contributed by atoms with E-state index in [4.69, 9.17) is 4.74 Å². The lowest BCUT2D eigenvalue weighted by Crippen LogP contribution is -2.58. The Morgan fingerprint density at radius 2 is 2.28 bits per heavy atom. The van der Waals surface area contributed by atoms with E-state index in [1.807, 2.05) is 6.92 Å². The predicted octanol–water partition coefficient (Wildman–Crippen LogP) is 0.835. The largest absolute Gasteiger partial charge is 0.507 e. The lowest BCUT2D eigenvalue weighted by molar-refractivity contribution is 0.0627. The highest BCUT2D eigenvalue weighted by Crippen LogP contribution is 2.25. The number of ether oxygens (including phenoxy) is 1. The number of amides is 1. The Labute approximate surface area is 106 Å². The van der Waals surface area contributed by atoms with Gasteiger partial charge in [-0.3, -0.25) is 4.79 Å². The van der Waals surface area contributed by atoms with Crippen LogP contribution in [0.25, 0.3) is 0 Å². The second-order valence-corrected chi connectivity index (χ2v) is 4.29. The van der Waals surface area contributed by atoms with Crippen LogP contribution in [-0.2, 0) is 0 Å². The number of aromatic hydroxyl groups is 1. The van der Waals surface area contributed by atoms with Crippen molar-refractivity contribution in [2.24, 2.45) is 0 Å². The van der Waals surface area contributed by atoms with Gasteiger partial charge in [0.05, 0.1) is 18.7 Å². The van der Waals surface area contributed by atoms with Crippen molar-refractivity contribution in [2.45, 2.75) is 13.0 Å². The van der Waals surface area contributed by atoms with Crippen molar-refractivity contribution >= 4 is 5.91 Å². The summed E-state index contributed by atoms with van der Waals surface area (Å²) in [6.07, 6.45) is 0. The number of carbonyl (C=O) groups excluding carboxylic acids is 1. The van der Waals surface area contributed by atoms with Gasteiger partial charge < -0.3 is 20.1 Å². The molecule has 5 nitrogen and oxygen atoms in total. The average Bonchev–Trinajstić information content (AvgIpc) is 2.33. The van der Waals surface area contributed by atoms with Crippen LogP contribution in [0.4, 0.5) is 0 Å². The minimum atomic E-state index is -0.152. The average molecular weight is 250 g/mol. The number of carbonyl (C=O) groups is 1. The van der Waals surface area contributed by atoms with E-state index in [1.165, 1.54) is 13.2 Å². The molecule has 1 aromatic carbocycles. The highest BCUT2D eigenvalue weighted by molar-refractivity contribution is 5.97. The van der Waals surface area contributed by atoms with Gasteiger partial charge in [0.25, 0.3) is 5.91 Å². The number of rotatable bonds is 4. The first kappa shape index (κ1) is 12.7. The summed E-state index contributed by atoms with van der Waals surface area (Å²) in [7, 11) is 1.54. The number of hydrogen-bond acceptors (Lipinski definition) is 4. The Morgan fingerprint density at radius 1 is 1.56 bits per heavy atom. The maximum absolute atomic E-state index is 12.4. The van der Waals surface area contributed by atoms with Crippen LogP contribution in [0, 0.1) is 0 Å². The van der Waals surface area contributed by atoms with Crippen LogP contribution in [0.1, 0.15) is 17.3 Å². The van der Waals surface area contributed by atoms with E-state index >= 15 is 0 Å². The van der Waals surface area contributed by atoms with E-state index in [-0.39, 0.29) is 17.7 Å². The summed E-state index contributed by atoms with van der Waals surface area (Å²) in [5, 5.41) is 12.9. The van der Waals surface area contributed by atoms with Gasteiger partial charge in [0.2, 0.25) is 0 Å². The van der Waals surface area contributed by atoms with Crippen LogP contribution in [-0.4, -0.2) is 48.7 Å². The molecule has 0 spiro atoms. The first-order valence-electron chi connectivity index (χ1n) is 6.06. The first-order chi connectivity index (χ1) is 8.67. The summed E-state index contributed by atoms with van der Waals surface area (Å²) in [5.41, 5.74) is 0.295. The zero-order chi connectivity index (χ0) is 13.1. The summed E-state index contributed by atoms with van der Waals surface area (Å²) in [6, 6.07) is 4.91. The minimum absolute atomic E-state index is 0.00784. The quantitative estimate of drug-likeness (QED) is 0.831. The monoisotopic (exact) mass is 250 g/mol. The molecule has 1 heterocycles. The van der Waals surface area contributed by atoms with Gasteiger partial charge >= 0.3 is 0 Å². The number of benzene rings is 1. The number of nitrogens with zero attached hydrogens (tertiary/aromatic N) is 1. The van der Waals surface area contributed by atoms with Crippen molar-refractivity contribution in [2.75, 3.05) is 26.7 Å². The maximum atomic E-state index is 12.4. The Hall–Kier alpha value is -1.75. The number of hydrogen-bond donors (Lipinski definition) is 2. The Bertz CT molecular complexity index is 444. The highest BCUT2D eigenvalue weighted by Gasteiger charge is 2.29. The van der Waals surface area contributed by atoms with Crippen LogP contribution >= 0.6 is 0 Å². The molecule has 1 aliphatic heterocycles. The summed E-state index contributed by atoms with van der Waals surface area (Å²) in [4.78, 5) is 14.2. The molecule has 18 heavy (non-hydrogen) atoms. The van der Waals surface area contributed by atoms with Crippen molar-refractivity contribution in [3.63, 3.8) is 0 Å². The Kier molecular flexibility index (Phi) is 3.72. The van der Waals surface area contributed by atoms with E-state index in [0.717, 1.165) is 13.1 Å². The second-order valence-electron chi connectivity index (χ2n) is 4.29. The van der Waals surface area contributed by atoms with Crippen molar-refractivity contribution in [1.82, 2.24) is 10.2 Å². The molecule has 2 rings (SSSR count). The molecule has 1 amide bonds. The SMILES string of the molecule is CCN(C(=O)c1cc(OC)ccc1O)C1CNC1. The number of phenols is 1. The summed E-state index contributed by atoms with van der Waals surface area (Å²) >= 11 is 0. The normalized spacial score (nSPS) is 15.0. The van der Waals surface area contributed by atoms with Gasteiger partial charge in [-0.15, -0.1) is 0 Å².